The number of hydrogen-bond donors (Lipinski definition) is 5. The molecule has 1 fully saturated rings. The third-order valence-corrected chi connectivity index (χ3v) is 10.2. The number of nitrogens with one attached hydrogen (secondary N) is 4. The Kier molecular flexibility index (Phi) is 13.8. The van der Waals surface area contributed by atoms with Crippen LogP contribution in [0.15, 0.2) is 82.5 Å². The number of rotatable bonds is 19. The molecule has 340 valence electrons. The largest absolute Gasteiger partial charge is 0.444 e. The lowest BCUT2D eigenvalue weighted by Gasteiger charge is -2.21. The van der Waals surface area contributed by atoms with Crippen LogP contribution in [0.5, 0.6) is 0 Å². The van der Waals surface area contributed by atoms with Gasteiger partial charge in [0.2, 0.25) is 17.7 Å². The molecule has 23 heteroatoms. The fourth-order valence-electron chi connectivity index (χ4n) is 7.07. The number of aryl methyl sites for hydroxylation is 2. The van der Waals surface area contributed by atoms with Crippen LogP contribution in [0.1, 0.15) is 62.2 Å². The van der Waals surface area contributed by atoms with Crippen molar-refractivity contribution in [1.82, 2.24) is 39.5 Å². The van der Waals surface area contributed by atoms with Crippen molar-refractivity contribution in [2.45, 2.75) is 37.9 Å². The van der Waals surface area contributed by atoms with Crippen LogP contribution >= 0.6 is 0 Å². The maximum atomic E-state index is 13.2. The molecule has 4 aromatic heterocycles. The van der Waals surface area contributed by atoms with Crippen molar-refractivity contribution >= 4 is 52.1 Å². The average molecular weight is 902 g/mol. The lowest BCUT2D eigenvalue weighted by molar-refractivity contribution is -0.135. The molecule has 0 aliphatic carbocycles. The minimum atomic E-state index is -4.46. The van der Waals surface area contributed by atoms with Gasteiger partial charge in [-0.05, 0) is 67.3 Å². The van der Waals surface area contributed by atoms with Crippen LogP contribution in [0, 0.1) is 0 Å². The van der Waals surface area contributed by atoms with Crippen molar-refractivity contribution in [1.29, 1.82) is 0 Å². The quantitative estimate of drug-likeness (QED) is 0.0578. The zero-order valence-electron chi connectivity index (χ0n) is 34.6. The number of piperidine rings is 1. The highest BCUT2D eigenvalue weighted by Crippen LogP contribution is 2.27. The number of nitrogens with zero attached hydrogens (tertiary/aromatic N) is 6. The van der Waals surface area contributed by atoms with Crippen molar-refractivity contribution in [2.24, 2.45) is 12.8 Å². The summed E-state index contributed by atoms with van der Waals surface area (Å²) >= 11 is 0. The molecule has 5 amide bonds. The summed E-state index contributed by atoms with van der Waals surface area (Å²) in [6.07, 6.45) is 0.866. The fraction of sp³-hybridized carbons (Fsp3) is 0.310. The number of carbonyl (C=O) groups excluding carboxylic acids is 5. The van der Waals surface area contributed by atoms with Crippen molar-refractivity contribution in [3.63, 3.8) is 0 Å². The van der Waals surface area contributed by atoms with E-state index in [0.29, 0.717) is 49.4 Å². The Balaban J connectivity index is 0.830. The Bertz CT molecular complexity index is 2800. The van der Waals surface area contributed by atoms with Crippen LogP contribution in [0.2, 0.25) is 0 Å². The zero-order chi connectivity index (χ0) is 46.3. The van der Waals surface area contributed by atoms with Gasteiger partial charge >= 0.3 is 11.9 Å². The van der Waals surface area contributed by atoms with E-state index < -0.39 is 36.5 Å². The highest BCUT2D eigenvalue weighted by Gasteiger charge is 2.32. The molecule has 65 heavy (non-hydrogen) atoms. The maximum absolute atomic E-state index is 13.2. The summed E-state index contributed by atoms with van der Waals surface area (Å²) in [7, 11) is 1.66. The van der Waals surface area contributed by atoms with Gasteiger partial charge in [0, 0.05) is 43.9 Å². The number of pyridine rings is 1. The number of benzene rings is 2. The van der Waals surface area contributed by atoms with Gasteiger partial charge in [-0.2, -0.15) is 18.3 Å². The van der Waals surface area contributed by atoms with Crippen LogP contribution in [-0.4, -0.2) is 104 Å². The number of amides is 5. The number of carbonyl (C=O) groups is 5. The summed E-state index contributed by atoms with van der Waals surface area (Å²) < 4.78 is 58.8. The number of alkyl halides is 3. The molecule has 20 nitrogen and oxygen atoms in total. The monoisotopic (exact) mass is 901 g/mol. The van der Waals surface area contributed by atoms with Gasteiger partial charge in [-0.1, -0.05) is 12.1 Å². The van der Waals surface area contributed by atoms with Crippen LogP contribution in [-0.2, 0) is 32.5 Å². The molecule has 1 aliphatic rings. The first-order chi connectivity index (χ1) is 31.2. The standard InChI is InChI=1S/C42H42F3N11O9/c1-54-35-24(4-2-6-30(35)56(41(54)62)31-11-12-33(57)52-39(31)61)5-3-16-63-18-19-64-17-15-48-37(59)25-7-9-27(10-8-25)55-21-28(34(53-55)36(46)58)50-38(60)29-22-65-40(51-29)26-13-14-47-32(20-26)49-23-42(43,44)45/h2,4,6-10,13-14,20-22,31H,3,5,11-12,15-19,23H2,1H3,(H2,46,58)(H,47,49)(H,48,59)(H,50,60)(H,52,57,61). The van der Waals surface area contributed by atoms with Gasteiger partial charge in [0.1, 0.15) is 24.7 Å². The first kappa shape index (κ1) is 45.4. The lowest BCUT2D eigenvalue weighted by atomic mass is 10.0. The number of anilines is 2. The topological polar surface area (TPSA) is 262 Å². The molecular weight excluding hydrogens is 860 g/mol. The van der Waals surface area contributed by atoms with Crippen LogP contribution in [0.4, 0.5) is 24.7 Å². The van der Waals surface area contributed by atoms with E-state index in [1.54, 1.807) is 25.2 Å². The van der Waals surface area contributed by atoms with Crippen LogP contribution < -0.4 is 32.7 Å². The van der Waals surface area contributed by atoms with E-state index in [1.807, 2.05) is 12.1 Å². The molecule has 0 bridgehead atoms. The Labute approximate surface area is 366 Å². The molecule has 1 atom stereocenters. The summed E-state index contributed by atoms with van der Waals surface area (Å²) in [5, 5.41) is 13.9. The molecule has 0 saturated carbocycles. The third kappa shape index (κ3) is 10.9. The van der Waals surface area contributed by atoms with Crippen molar-refractivity contribution in [2.75, 3.05) is 50.2 Å². The number of imide groups is 1. The number of primary amides is 1. The second-order valence-corrected chi connectivity index (χ2v) is 14.7. The lowest BCUT2D eigenvalue weighted by Crippen LogP contribution is -2.44. The highest BCUT2D eigenvalue weighted by atomic mass is 19.4. The van der Waals surface area contributed by atoms with E-state index in [0.717, 1.165) is 17.3 Å². The van der Waals surface area contributed by atoms with E-state index >= 15 is 0 Å². The second kappa shape index (κ2) is 19.8. The summed E-state index contributed by atoms with van der Waals surface area (Å²) in [6, 6.07) is 13.7. The highest BCUT2D eigenvalue weighted by molar-refractivity contribution is 6.07. The minimum absolute atomic E-state index is 0.0507. The average Bonchev–Trinajstić information content (AvgIpc) is 4.01. The molecule has 5 heterocycles. The van der Waals surface area contributed by atoms with Crippen molar-refractivity contribution in [3.8, 4) is 17.1 Å². The molecule has 1 aliphatic heterocycles. The minimum Gasteiger partial charge on any atom is -0.444 e. The first-order valence-corrected chi connectivity index (χ1v) is 20.2. The van der Waals surface area contributed by atoms with E-state index in [2.05, 4.69) is 36.3 Å². The number of oxazole rings is 1. The molecular formula is C42H42F3N11O9. The molecule has 0 spiro atoms. The Hall–Kier alpha value is -7.66. The van der Waals surface area contributed by atoms with Crippen LogP contribution in [0.3, 0.4) is 0 Å². The number of hydrogen-bond acceptors (Lipinski definition) is 13. The molecule has 6 aromatic rings. The van der Waals surface area contributed by atoms with Gasteiger partial charge < -0.3 is 35.6 Å². The van der Waals surface area contributed by atoms with Gasteiger partial charge in [-0.25, -0.2) is 19.4 Å². The van der Waals surface area contributed by atoms with Gasteiger partial charge in [0.05, 0.1) is 48.4 Å². The fourth-order valence-corrected chi connectivity index (χ4v) is 7.07. The number of imidazole rings is 1. The van der Waals surface area contributed by atoms with Crippen molar-refractivity contribution < 1.29 is 51.0 Å². The number of halogens is 3. The molecule has 1 unspecified atom stereocenters. The number of nitrogens with two attached hydrogens (primary N) is 1. The van der Waals surface area contributed by atoms with E-state index in [1.165, 1.54) is 50.5 Å². The van der Waals surface area contributed by atoms with E-state index in [4.69, 9.17) is 19.6 Å². The maximum Gasteiger partial charge on any atom is 0.405 e. The third-order valence-electron chi connectivity index (χ3n) is 10.2. The van der Waals surface area contributed by atoms with Gasteiger partial charge in [0.25, 0.3) is 17.7 Å². The number of aromatic nitrogens is 6. The predicted octanol–water partition coefficient (Wildman–Crippen LogP) is 3.27. The zero-order valence-corrected chi connectivity index (χ0v) is 34.6. The van der Waals surface area contributed by atoms with Crippen molar-refractivity contribution in [3.05, 3.63) is 106 Å². The molecule has 2 aromatic carbocycles. The summed E-state index contributed by atoms with van der Waals surface area (Å²) in [5.41, 5.74) is 7.96. The first-order valence-electron chi connectivity index (χ1n) is 20.2. The molecule has 1 saturated heterocycles. The predicted molar refractivity (Wildman–Crippen MR) is 225 cm³/mol. The van der Waals surface area contributed by atoms with Gasteiger partial charge in [0.15, 0.2) is 11.4 Å². The Morgan fingerprint density at radius 3 is 2.51 bits per heavy atom. The molecule has 7 rings (SSSR count). The summed E-state index contributed by atoms with van der Waals surface area (Å²) in [5.74, 6) is -3.10. The Morgan fingerprint density at radius 2 is 1.77 bits per heavy atom. The normalized spacial score (nSPS) is 14.1. The number of para-hydroxylation sites is 1. The van der Waals surface area contributed by atoms with Gasteiger partial charge in [-0.3, -0.25) is 38.4 Å². The second-order valence-electron chi connectivity index (χ2n) is 14.7. The molecule has 6 N–H and O–H groups in total. The van der Waals surface area contributed by atoms with E-state index in [9.17, 15) is 41.9 Å². The molecule has 0 radical (unpaired) electrons. The van der Waals surface area contributed by atoms with Crippen LogP contribution in [0.25, 0.3) is 28.2 Å². The number of fused-ring (bicyclic) bond motifs is 1. The van der Waals surface area contributed by atoms with E-state index in [-0.39, 0.29) is 77.8 Å². The SMILES string of the molecule is Cn1c(=O)n(C2CCC(=O)NC2=O)c2cccc(CCCOCCOCCNC(=O)c3ccc(-n4cc(NC(=O)c5coc(-c6ccnc(NCC(F)(F)F)c6)n5)c(C(N)=O)n4)cc3)c21. The van der Waals surface area contributed by atoms with Gasteiger partial charge in [-0.15, -0.1) is 0 Å². The number of ether oxygens (including phenoxy) is 2. The summed E-state index contributed by atoms with van der Waals surface area (Å²) in [6.45, 7) is 0.206. The summed E-state index contributed by atoms with van der Waals surface area (Å²) in [4.78, 5) is 83.4. The smallest absolute Gasteiger partial charge is 0.405 e. The Morgan fingerprint density at radius 1 is 1.00 bits per heavy atom.